The molecule has 2 amide bonds. The highest BCUT2D eigenvalue weighted by molar-refractivity contribution is 5.93. The van der Waals surface area contributed by atoms with Gasteiger partial charge in [-0.15, -0.1) is 0 Å². The Bertz CT molecular complexity index is 826. The number of nitrogens with zero attached hydrogens (tertiary/aromatic N) is 2. The molecule has 9 nitrogen and oxygen atoms in total. The van der Waals surface area contributed by atoms with E-state index in [9.17, 15) is 14.7 Å². The third-order valence-corrected chi connectivity index (χ3v) is 4.80. The predicted molar refractivity (Wildman–Crippen MR) is 108 cm³/mol. The third kappa shape index (κ3) is 5.86. The summed E-state index contributed by atoms with van der Waals surface area (Å²) in [5.41, 5.74) is 0.883. The maximum Gasteiger partial charge on any atom is 0.269 e. The van der Waals surface area contributed by atoms with Crippen molar-refractivity contribution in [3.8, 4) is 0 Å². The molecular weight excluding hydrogens is 374 g/mol. The van der Waals surface area contributed by atoms with E-state index in [2.05, 4.69) is 20.8 Å². The van der Waals surface area contributed by atoms with Crippen LogP contribution in [0.1, 0.15) is 23.0 Å². The fourth-order valence-corrected chi connectivity index (χ4v) is 3.30. The highest BCUT2D eigenvalue weighted by Gasteiger charge is 2.33. The first-order valence-corrected chi connectivity index (χ1v) is 9.67. The number of benzene rings is 1. The number of hydrogen-bond donors (Lipinski definition) is 4. The van der Waals surface area contributed by atoms with Gasteiger partial charge < -0.3 is 20.5 Å². The van der Waals surface area contributed by atoms with E-state index < -0.39 is 5.60 Å². The number of nitrogens with one attached hydrogen (secondary N) is 3. The zero-order valence-corrected chi connectivity index (χ0v) is 16.5. The van der Waals surface area contributed by atoms with Crippen LogP contribution in [-0.2, 0) is 16.0 Å². The van der Waals surface area contributed by atoms with Gasteiger partial charge in [0.2, 0.25) is 5.91 Å². The van der Waals surface area contributed by atoms with Crippen molar-refractivity contribution in [2.24, 2.45) is 0 Å². The molecule has 1 saturated heterocycles. The van der Waals surface area contributed by atoms with Gasteiger partial charge in [-0.1, -0.05) is 25.1 Å². The number of carbonyl (C=O) groups excluding carboxylic acids is 2. The van der Waals surface area contributed by atoms with Crippen molar-refractivity contribution in [2.75, 3.05) is 44.7 Å². The number of carbonyl (C=O) groups is 2. The van der Waals surface area contributed by atoms with E-state index >= 15 is 0 Å². The van der Waals surface area contributed by atoms with Crippen LogP contribution in [0.4, 0.5) is 5.69 Å². The Kier molecular flexibility index (Phi) is 6.97. The van der Waals surface area contributed by atoms with Crippen LogP contribution in [0.5, 0.6) is 0 Å². The van der Waals surface area contributed by atoms with Gasteiger partial charge in [-0.25, -0.2) is 0 Å². The molecule has 9 heteroatoms. The van der Waals surface area contributed by atoms with Gasteiger partial charge in [-0.2, -0.15) is 5.10 Å². The van der Waals surface area contributed by atoms with E-state index in [1.165, 1.54) is 6.20 Å². The number of rotatable bonds is 7. The average molecular weight is 401 g/mol. The van der Waals surface area contributed by atoms with E-state index in [0.29, 0.717) is 18.8 Å². The van der Waals surface area contributed by atoms with Crippen molar-refractivity contribution in [3.05, 3.63) is 47.8 Å². The molecule has 0 radical (unpaired) electrons. The van der Waals surface area contributed by atoms with Crippen LogP contribution in [0.15, 0.2) is 36.5 Å². The molecule has 3 rings (SSSR count). The minimum absolute atomic E-state index is 0.00163. The molecule has 0 unspecified atom stereocenters. The lowest BCUT2D eigenvalue weighted by Crippen LogP contribution is -2.53. The van der Waals surface area contributed by atoms with Crippen molar-refractivity contribution in [2.45, 2.75) is 18.9 Å². The average Bonchev–Trinajstić information content (AvgIpc) is 3.18. The van der Waals surface area contributed by atoms with Crippen molar-refractivity contribution in [1.82, 2.24) is 20.4 Å². The lowest BCUT2D eigenvalue weighted by atomic mass is 10.0. The second-order valence-electron chi connectivity index (χ2n) is 7.20. The molecule has 1 atom stereocenters. The quantitative estimate of drug-likeness (QED) is 0.533. The number of aryl methyl sites for hydroxylation is 1. The van der Waals surface area contributed by atoms with Crippen LogP contribution in [0.2, 0.25) is 0 Å². The largest absolute Gasteiger partial charge is 0.384 e. The first-order chi connectivity index (χ1) is 14.0. The molecule has 156 valence electrons. The second kappa shape index (κ2) is 9.64. The number of hydrogen-bond acceptors (Lipinski definition) is 6. The molecule has 0 aliphatic carbocycles. The molecule has 29 heavy (non-hydrogen) atoms. The molecule has 1 aliphatic heterocycles. The fraction of sp³-hybridized carbons (Fsp3) is 0.450. The maximum atomic E-state index is 12.5. The van der Waals surface area contributed by atoms with E-state index in [4.69, 9.17) is 4.74 Å². The van der Waals surface area contributed by atoms with Crippen molar-refractivity contribution in [1.29, 1.82) is 0 Å². The topological polar surface area (TPSA) is 120 Å². The highest BCUT2D eigenvalue weighted by Crippen LogP contribution is 2.16. The molecule has 1 aliphatic rings. The number of β-amino-alcohol motifs (C(OH)–C–C–N with tert-alkyl or cyclic N) is 1. The van der Waals surface area contributed by atoms with Crippen molar-refractivity contribution in [3.63, 3.8) is 0 Å². The highest BCUT2D eigenvalue weighted by atomic mass is 16.5. The second-order valence-corrected chi connectivity index (χ2v) is 7.20. The summed E-state index contributed by atoms with van der Waals surface area (Å²) >= 11 is 0. The van der Waals surface area contributed by atoms with Crippen LogP contribution in [0, 0.1) is 0 Å². The summed E-state index contributed by atoms with van der Waals surface area (Å²) in [7, 11) is 0. The summed E-state index contributed by atoms with van der Waals surface area (Å²) in [5, 5.41) is 22.9. The summed E-state index contributed by atoms with van der Waals surface area (Å²) in [6.07, 6.45) is 2.30. The van der Waals surface area contributed by atoms with Gasteiger partial charge in [-0.3, -0.25) is 19.6 Å². The summed E-state index contributed by atoms with van der Waals surface area (Å²) < 4.78 is 5.50. The van der Waals surface area contributed by atoms with Gasteiger partial charge in [0.05, 0.1) is 26.3 Å². The SMILES string of the molecule is CCc1ccccc1NC(=O)CN1CCOC[C@](O)(CNC(=O)c2ccn[nH]2)C1. The Morgan fingerprint density at radius 1 is 1.34 bits per heavy atom. The minimum Gasteiger partial charge on any atom is -0.384 e. The summed E-state index contributed by atoms with van der Waals surface area (Å²) in [4.78, 5) is 26.5. The van der Waals surface area contributed by atoms with Gasteiger partial charge in [0.25, 0.3) is 5.91 Å². The number of amides is 2. The number of aromatic amines is 1. The minimum atomic E-state index is -1.30. The first-order valence-electron chi connectivity index (χ1n) is 9.67. The molecule has 0 spiro atoms. The van der Waals surface area contributed by atoms with Gasteiger partial charge in [0, 0.05) is 25.0 Å². The predicted octanol–water partition coefficient (Wildman–Crippen LogP) is 0.404. The maximum absolute atomic E-state index is 12.5. The standard InChI is InChI=1S/C20H27N5O4/c1-2-15-5-3-4-6-16(15)23-18(26)11-25-9-10-29-14-20(28,13-25)12-21-19(27)17-7-8-22-24-17/h3-8,28H,2,9-14H2,1H3,(H,21,27)(H,22,24)(H,23,26)/t20-/m0/s1. The Labute approximate surface area is 169 Å². The van der Waals surface area contributed by atoms with Crippen molar-refractivity contribution < 1.29 is 19.4 Å². The van der Waals surface area contributed by atoms with E-state index in [1.807, 2.05) is 36.1 Å². The monoisotopic (exact) mass is 401 g/mol. The molecule has 0 saturated carbocycles. The molecule has 2 heterocycles. The molecule has 0 bridgehead atoms. The number of aliphatic hydroxyl groups is 1. The molecule has 1 aromatic heterocycles. The smallest absolute Gasteiger partial charge is 0.269 e. The van der Waals surface area contributed by atoms with Gasteiger partial charge in [-0.05, 0) is 24.1 Å². The molecule has 1 aromatic carbocycles. The zero-order chi connectivity index (χ0) is 20.7. The Balaban J connectivity index is 1.56. The van der Waals surface area contributed by atoms with Crippen LogP contribution in [0.25, 0.3) is 0 Å². The number of aromatic nitrogens is 2. The van der Waals surface area contributed by atoms with Gasteiger partial charge >= 0.3 is 0 Å². The molecule has 2 aromatic rings. The molecule has 4 N–H and O–H groups in total. The fourth-order valence-electron chi connectivity index (χ4n) is 3.30. The Morgan fingerprint density at radius 3 is 2.93 bits per heavy atom. The Morgan fingerprint density at radius 2 is 2.17 bits per heavy atom. The molecular formula is C20H27N5O4. The Hall–Kier alpha value is -2.75. The van der Waals surface area contributed by atoms with E-state index in [0.717, 1.165) is 17.7 Å². The number of ether oxygens (including phenoxy) is 1. The lowest BCUT2D eigenvalue weighted by molar-refractivity contribution is -0.117. The van der Waals surface area contributed by atoms with Crippen molar-refractivity contribution >= 4 is 17.5 Å². The summed E-state index contributed by atoms with van der Waals surface area (Å²) in [6.45, 7) is 3.36. The zero-order valence-electron chi connectivity index (χ0n) is 16.5. The lowest BCUT2D eigenvalue weighted by Gasteiger charge is -2.30. The van der Waals surface area contributed by atoms with E-state index in [1.54, 1.807) is 6.07 Å². The third-order valence-electron chi connectivity index (χ3n) is 4.80. The summed E-state index contributed by atoms with van der Waals surface area (Å²) in [6, 6.07) is 9.24. The number of para-hydroxylation sites is 1. The van der Waals surface area contributed by atoms with Gasteiger partial charge in [0.1, 0.15) is 11.3 Å². The number of anilines is 1. The van der Waals surface area contributed by atoms with Crippen LogP contribution in [-0.4, -0.2) is 77.0 Å². The van der Waals surface area contributed by atoms with Crippen LogP contribution in [0.3, 0.4) is 0 Å². The molecule has 1 fully saturated rings. The van der Waals surface area contributed by atoms with Gasteiger partial charge in [0.15, 0.2) is 0 Å². The first kappa shape index (κ1) is 21.0. The normalized spacial score (nSPS) is 20.1. The van der Waals surface area contributed by atoms with Crippen LogP contribution >= 0.6 is 0 Å². The van der Waals surface area contributed by atoms with E-state index in [-0.39, 0.29) is 38.1 Å². The van der Waals surface area contributed by atoms with Crippen LogP contribution < -0.4 is 10.6 Å². The number of H-pyrrole nitrogens is 1. The summed E-state index contributed by atoms with van der Waals surface area (Å²) in [5.74, 6) is -0.516.